The van der Waals surface area contributed by atoms with Crippen molar-refractivity contribution in [3.63, 3.8) is 0 Å². The number of nitrogens with one attached hydrogen (secondary N) is 1. The first-order chi connectivity index (χ1) is 7.67. The maximum atomic E-state index is 4.16. The molecule has 1 aromatic heterocycles. The topological polar surface area (TPSA) is 55.6 Å². The Morgan fingerprint density at radius 3 is 2.29 bits per heavy atom. The summed E-state index contributed by atoms with van der Waals surface area (Å²) < 4.78 is 1.94. The molecule has 5 nitrogen and oxygen atoms in total. The molecule has 17 heavy (non-hydrogen) atoms. The van der Waals surface area contributed by atoms with Crippen LogP contribution in [0.25, 0.3) is 0 Å². The number of tetrazole rings is 1. The molecule has 1 atom stereocenters. The van der Waals surface area contributed by atoms with Gasteiger partial charge in [-0.3, -0.25) is 0 Å². The molecule has 1 N–H and O–H groups in total. The van der Waals surface area contributed by atoms with Crippen LogP contribution in [-0.4, -0.2) is 27.3 Å². The van der Waals surface area contributed by atoms with Crippen molar-refractivity contribution in [2.75, 3.05) is 7.05 Å². The second-order valence-corrected chi connectivity index (χ2v) is 6.51. The van der Waals surface area contributed by atoms with Gasteiger partial charge in [0.15, 0.2) is 5.82 Å². The monoisotopic (exact) mass is 239 g/mol. The lowest BCUT2D eigenvalue weighted by molar-refractivity contribution is 0.188. The Balaban J connectivity index is 3.03. The van der Waals surface area contributed by atoms with Gasteiger partial charge in [0.25, 0.3) is 0 Å². The van der Waals surface area contributed by atoms with Crippen LogP contribution in [0.5, 0.6) is 0 Å². The Morgan fingerprint density at radius 1 is 1.24 bits per heavy atom. The lowest BCUT2D eigenvalue weighted by Crippen LogP contribution is -2.35. The van der Waals surface area contributed by atoms with Crippen molar-refractivity contribution in [1.29, 1.82) is 0 Å². The smallest absolute Gasteiger partial charge is 0.168 e. The van der Waals surface area contributed by atoms with Crippen LogP contribution in [0.2, 0.25) is 0 Å². The van der Waals surface area contributed by atoms with Crippen molar-refractivity contribution in [3.8, 4) is 0 Å². The van der Waals surface area contributed by atoms with Gasteiger partial charge in [-0.05, 0) is 50.1 Å². The summed E-state index contributed by atoms with van der Waals surface area (Å²) in [5.41, 5.74) is 0.164. The summed E-state index contributed by atoms with van der Waals surface area (Å²) >= 11 is 0. The predicted molar refractivity (Wildman–Crippen MR) is 68.7 cm³/mol. The van der Waals surface area contributed by atoms with E-state index in [1.54, 1.807) is 0 Å². The molecule has 1 rings (SSSR count). The highest BCUT2D eigenvalue weighted by atomic mass is 15.6. The molecule has 0 spiro atoms. The maximum Gasteiger partial charge on any atom is 0.168 e. The first kappa shape index (κ1) is 14.1. The summed E-state index contributed by atoms with van der Waals surface area (Å²) in [5, 5.41) is 15.3. The Morgan fingerprint density at radius 2 is 1.82 bits per heavy atom. The largest absolute Gasteiger partial charge is 0.311 e. The van der Waals surface area contributed by atoms with Gasteiger partial charge in [-0.2, -0.15) is 0 Å². The maximum absolute atomic E-state index is 4.16. The van der Waals surface area contributed by atoms with Crippen LogP contribution in [0.15, 0.2) is 0 Å². The van der Waals surface area contributed by atoms with Gasteiger partial charge < -0.3 is 5.32 Å². The van der Waals surface area contributed by atoms with E-state index >= 15 is 0 Å². The summed E-state index contributed by atoms with van der Waals surface area (Å²) in [6.07, 6.45) is 1.02. The molecule has 0 aliphatic carbocycles. The summed E-state index contributed by atoms with van der Waals surface area (Å²) in [5.74, 6) is 0.891. The highest BCUT2D eigenvalue weighted by Gasteiger charge is 2.31. The minimum Gasteiger partial charge on any atom is -0.311 e. The number of nitrogens with zero attached hydrogens (tertiary/aromatic N) is 4. The first-order valence-corrected chi connectivity index (χ1v) is 6.13. The van der Waals surface area contributed by atoms with Crippen molar-refractivity contribution in [2.24, 2.45) is 5.41 Å². The van der Waals surface area contributed by atoms with E-state index in [2.05, 4.69) is 62.4 Å². The zero-order valence-corrected chi connectivity index (χ0v) is 12.1. The molecule has 0 bridgehead atoms. The van der Waals surface area contributed by atoms with Crippen LogP contribution in [0.3, 0.4) is 0 Å². The fourth-order valence-electron chi connectivity index (χ4n) is 2.40. The van der Waals surface area contributed by atoms with E-state index in [1.165, 1.54) is 0 Å². The molecule has 0 saturated heterocycles. The number of rotatable bonds is 4. The first-order valence-electron chi connectivity index (χ1n) is 6.13. The lowest BCUT2D eigenvalue weighted by atomic mass is 9.82. The number of hydrogen-bond acceptors (Lipinski definition) is 4. The zero-order valence-electron chi connectivity index (χ0n) is 12.1. The van der Waals surface area contributed by atoms with E-state index in [1.807, 2.05) is 11.7 Å². The van der Waals surface area contributed by atoms with Crippen LogP contribution in [0.1, 0.15) is 59.8 Å². The molecule has 0 aliphatic rings. The van der Waals surface area contributed by atoms with Crippen LogP contribution in [0.4, 0.5) is 0 Å². The van der Waals surface area contributed by atoms with Gasteiger partial charge in [-0.15, -0.1) is 5.10 Å². The predicted octanol–water partition coefficient (Wildman–Crippen LogP) is 2.12. The SMILES string of the molecule is CNC(C)c1nnnn1C(C)(C)CC(C)(C)C. The normalized spacial score (nSPS) is 15.0. The third-order valence-corrected chi connectivity index (χ3v) is 2.85. The molecule has 1 unspecified atom stereocenters. The summed E-state index contributed by atoms with van der Waals surface area (Å²) in [6, 6.07) is 0.157. The molecule has 1 heterocycles. The summed E-state index contributed by atoms with van der Waals surface area (Å²) in [7, 11) is 1.92. The van der Waals surface area contributed by atoms with Crippen molar-refractivity contribution < 1.29 is 0 Å². The highest BCUT2D eigenvalue weighted by molar-refractivity contribution is 4.95. The van der Waals surface area contributed by atoms with Crippen LogP contribution in [0, 0.1) is 5.41 Å². The molecule has 0 fully saturated rings. The van der Waals surface area contributed by atoms with Crippen LogP contribution in [-0.2, 0) is 5.54 Å². The van der Waals surface area contributed by atoms with E-state index in [0.717, 1.165) is 12.2 Å². The van der Waals surface area contributed by atoms with Gasteiger partial charge in [0, 0.05) is 0 Å². The molecular weight excluding hydrogens is 214 g/mol. The fraction of sp³-hybridized carbons (Fsp3) is 0.917. The van der Waals surface area contributed by atoms with E-state index in [4.69, 9.17) is 0 Å². The molecule has 0 saturated carbocycles. The van der Waals surface area contributed by atoms with Gasteiger partial charge in [0.1, 0.15) is 0 Å². The summed E-state index contributed by atoms with van der Waals surface area (Å²) in [6.45, 7) is 13.1. The number of hydrogen-bond donors (Lipinski definition) is 1. The van der Waals surface area contributed by atoms with Gasteiger partial charge in [-0.1, -0.05) is 20.8 Å². The molecule has 0 aromatic carbocycles. The fourth-order valence-corrected chi connectivity index (χ4v) is 2.40. The molecule has 0 aliphatic heterocycles. The lowest BCUT2D eigenvalue weighted by Gasteiger charge is -2.33. The minimum absolute atomic E-state index is 0.0812. The van der Waals surface area contributed by atoms with E-state index in [-0.39, 0.29) is 17.0 Å². The second-order valence-electron chi connectivity index (χ2n) is 6.51. The Bertz CT molecular complexity index is 361. The minimum atomic E-state index is -0.0812. The third kappa shape index (κ3) is 3.49. The molecule has 1 aromatic rings. The van der Waals surface area contributed by atoms with Gasteiger partial charge >= 0.3 is 0 Å². The molecule has 5 heteroatoms. The quantitative estimate of drug-likeness (QED) is 0.874. The van der Waals surface area contributed by atoms with Crippen molar-refractivity contribution in [2.45, 2.75) is 59.5 Å². The third-order valence-electron chi connectivity index (χ3n) is 2.85. The van der Waals surface area contributed by atoms with E-state index in [0.29, 0.717) is 0 Å². The highest BCUT2D eigenvalue weighted by Crippen LogP contribution is 2.32. The molecule has 98 valence electrons. The van der Waals surface area contributed by atoms with Gasteiger partial charge in [0.05, 0.1) is 11.6 Å². The van der Waals surface area contributed by atoms with E-state index < -0.39 is 0 Å². The van der Waals surface area contributed by atoms with Crippen molar-refractivity contribution in [3.05, 3.63) is 5.82 Å². The zero-order chi connectivity index (χ0) is 13.3. The van der Waals surface area contributed by atoms with Crippen LogP contribution < -0.4 is 5.32 Å². The number of aromatic nitrogens is 4. The standard InChI is InChI=1S/C12H25N5/c1-9(13-7)10-14-15-16-17(10)12(5,6)8-11(2,3)4/h9,13H,8H2,1-7H3. The Labute approximate surface area is 104 Å². The Kier molecular flexibility index (Phi) is 3.91. The van der Waals surface area contributed by atoms with Gasteiger partial charge in [-0.25, -0.2) is 4.68 Å². The van der Waals surface area contributed by atoms with Crippen molar-refractivity contribution >= 4 is 0 Å². The van der Waals surface area contributed by atoms with Gasteiger partial charge in [0.2, 0.25) is 0 Å². The average molecular weight is 239 g/mol. The van der Waals surface area contributed by atoms with E-state index in [9.17, 15) is 0 Å². The molecular formula is C12H25N5. The second kappa shape index (κ2) is 4.72. The summed E-state index contributed by atoms with van der Waals surface area (Å²) in [4.78, 5) is 0. The molecule has 0 radical (unpaired) electrons. The van der Waals surface area contributed by atoms with Crippen LogP contribution >= 0.6 is 0 Å². The average Bonchev–Trinajstić information content (AvgIpc) is 2.61. The van der Waals surface area contributed by atoms with Crippen molar-refractivity contribution in [1.82, 2.24) is 25.5 Å². The Hall–Kier alpha value is -0.970. The molecule has 0 amide bonds.